The minimum Gasteiger partial charge on any atom is -0.496 e. The summed E-state index contributed by atoms with van der Waals surface area (Å²) in [4.78, 5) is 7.95. The highest BCUT2D eigenvalue weighted by Crippen LogP contribution is 2.30. The van der Waals surface area contributed by atoms with E-state index in [4.69, 9.17) is 27.9 Å². The van der Waals surface area contributed by atoms with E-state index in [0.29, 0.717) is 10.7 Å². The summed E-state index contributed by atoms with van der Waals surface area (Å²) < 4.78 is 6.14. The largest absolute Gasteiger partial charge is 0.496 e. The zero-order valence-electron chi connectivity index (χ0n) is 7.59. The van der Waals surface area contributed by atoms with Crippen molar-refractivity contribution in [1.82, 2.24) is 9.97 Å². The molecule has 0 atom stereocenters. The van der Waals surface area contributed by atoms with E-state index in [0.717, 1.165) is 14.7 Å². The van der Waals surface area contributed by atoms with Gasteiger partial charge < -0.3 is 4.74 Å². The zero-order chi connectivity index (χ0) is 11.0. The van der Waals surface area contributed by atoms with Gasteiger partial charge in [0.2, 0.25) is 5.28 Å². The van der Waals surface area contributed by atoms with E-state index >= 15 is 0 Å². The van der Waals surface area contributed by atoms with Crippen LogP contribution < -0.4 is 4.74 Å². The second-order valence-corrected chi connectivity index (χ2v) is 4.65. The van der Waals surface area contributed by atoms with Crippen molar-refractivity contribution in [3.05, 3.63) is 26.1 Å². The Bertz CT molecular complexity index is 533. The van der Waals surface area contributed by atoms with E-state index in [9.17, 15) is 0 Å². The quantitative estimate of drug-likeness (QED) is 0.446. The van der Waals surface area contributed by atoms with Crippen molar-refractivity contribution in [2.24, 2.45) is 0 Å². The smallest absolute Gasteiger partial charge is 0.224 e. The minimum atomic E-state index is 0.147. The number of rotatable bonds is 1. The summed E-state index contributed by atoms with van der Waals surface area (Å²) in [6.07, 6.45) is 0. The number of aromatic nitrogens is 2. The Morgan fingerprint density at radius 2 is 2.00 bits per heavy atom. The van der Waals surface area contributed by atoms with Gasteiger partial charge in [-0.1, -0.05) is 11.6 Å². The van der Waals surface area contributed by atoms with E-state index in [1.54, 1.807) is 13.2 Å². The molecule has 0 fully saturated rings. The third kappa shape index (κ3) is 2.11. The third-order valence-corrected chi connectivity index (χ3v) is 3.20. The van der Waals surface area contributed by atoms with Crippen LogP contribution in [0.1, 0.15) is 0 Å². The Balaban J connectivity index is 2.81. The number of ether oxygens (including phenoxy) is 1. The number of benzene rings is 1. The van der Waals surface area contributed by atoms with E-state index in [1.165, 1.54) is 0 Å². The van der Waals surface area contributed by atoms with Gasteiger partial charge in [-0.2, -0.15) is 0 Å². The van der Waals surface area contributed by atoms with Crippen molar-refractivity contribution in [2.45, 2.75) is 0 Å². The van der Waals surface area contributed by atoms with Crippen molar-refractivity contribution in [2.75, 3.05) is 7.11 Å². The summed E-state index contributed by atoms with van der Waals surface area (Å²) in [5.41, 5.74) is 0.713. The Morgan fingerprint density at radius 3 is 2.67 bits per heavy atom. The van der Waals surface area contributed by atoms with Crippen molar-refractivity contribution in [1.29, 1.82) is 0 Å². The number of hydrogen-bond donors (Lipinski definition) is 0. The maximum Gasteiger partial charge on any atom is 0.224 e. The van der Waals surface area contributed by atoms with E-state index in [2.05, 4.69) is 32.6 Å². The average Bonchev–Trinajstić information content (AvgIpc) is 2.16. The van der Waals surface area contributed by atoms with Crippen LogP contribution in [-0.2, 0) is 0 Å². The number of fused-ring (bicyclic) bond motifs is 1. The van der Waals surface area contributed by atoms with Gasteiger partial charge in [0.25, 0.3) is 0 Å². The summed E-state index contributed by atoms with van der Waals surface area (Å²) in [6.45, 7) is 0. The molecule has 2 rings (SSSR count). The summed E-state index contributed by atoms with van der Waals surface area (Å²) in [5.74, 6) is 0.746. The molecule has 0 aliphatic rings. The van der Waals surface area contributed by atoms with Crippen LogP contribution in [0.15, 0.2) is 12.1 Å². The molecule has 0 aliphatic heterocycles. The van der Waals surface area contributed by atoms with E-state index in [-0.39, 0.29) is 5.28 Å². The Kier molecular flexibility index (Phi) is 3.18. The first kappa shape index (κ1) is 11.2. The topological polar surface area (TPSA) is 35.0 Å². The predicted octanol–water partition coefficient (Wildman–Crippen LogP) is 3.55. The normalized spacial score (nSPS) is 10.7. The molecule has 0 aliphatic carbocycles. The highest BCUT2D eigenvalue weighted by molar-refractivity contribution is 14.1. The summed E-state index contributed by atoms with van der Waals surface area (Å²) in [7, 11) is 1.61. The second-order valence-electron chi connectivity index (χ2n) is 2.79. The third-order valence-electron chi connectivity index (χ3n) is 1.90. The van der Waals surface area contributed by atoms with Gasteiger partial charge in [-0.05, 0) is 46.3 Å². The lowest BCUT2D eigenvalue weighted by atomic mass is 10.2. The SMILES string of the molecule is COc1cc2c(Cl)nc(Cl)nc2cc1I. The molecule has 0 bridgehead atoms. The average molecular weight is 355 g/mol. The molecule has 2 aromatic rings. The van der Waals surface area contributed by atoms with Crippen LogP contribution in [0.2, 0.25) is 10.4 Å². The van der Waals surface area contributed by atoms with Crippen LogP contribution in [0.5, 0.6) is 5.75 Å². The van der Waals surface area contributed by atoms with Gasteiger partial charge in [-0.3, -0.25) is 0 Å². The summed E-state index contributed by atoms with van der Waals surface area (Å²) in [5, 5.41) is 1.21. The molecular weight excluding hydrogens is 350 g/mol. The molecule has 78 valence electrons. The highest BCUT2D eigenvalue weighted by atomic mass is 127. The molecule has 1 heterocycles. The van der Waals surface area contributed by atoms with E-state index in [1.807, 2.05) is 6.07 Å². The van der Waals surface area contributed by atoms with Crippen LogP contribution in [0, 0.1) is 3.57 Å². The molecule has 3 nitrogen and oxygen atoms in total. The molecule has 0 amide bonds. The first-order chi connectivity index (χ1) is 7.11. The predicted molar refractivity (Wildman–Crippen MR) is 68.8 cm³/mol. The number of nitrogens with zero attached hydrogens (tertiary/aromatic N) is 2. The molecule has 1 aromatic carbocycles. The monoisotopic (exact) mass is 354 g/mol. The first-order valence-corrected chi connectivity index (χ1v) is 5.81. The molecule has 15 heavy (non-hydrogen) atoms. The summed E-state index contributed by atoms with van der Waals surface area (Å²) >= 11 is 13.8. The molecule has 6 heteroatoms. The minimum absolute atomic E-state index is 0.147. The van der Waals surface area contributed by atoms with Crippen molar-refractivity contribution >= 4 is 56.7 Å². The summed E-state index contributed by atoms with van der Waals surface area (Å²) in [6, 6.07) is 3.66. The van der Waals surface area contributed by atoms with Gasteiger partial charge in [0, 0.05) is 5.39 Å². The van der Waals surface area contributed by atoms with Gasteiger partial charge in [0.15, 0.2) is 0 Å². The number of methoxy groups -OCH3 is 1. The Hall–Kier alpha value is -0.330. The van der Waals surface area contributed by atoms with Gasteiger partial charge in [-0.25, -0.2) is 9.97 Å². The molecule has 0 N–H and O–H groups in total. The molecule has 0 saturated carbocycles. The van der Waals surface area contributed by atoms with Crippen LogP contribution in [0.25, 0.3) is 10.9 Å². The molecule has 1 aromatic heterocycles. The first-order valence-electron chi connectivity index (χ1n) is 3.98. The Labute approximate surface area is 110 Å². The fourth-order valence-electron chi connectivity index (χ4n) is 1.22. The fourth-order valence-corrected chi connectivity index (χ4v) is 2.34. The highest BCUT2D eigenvalue weighted by Gasteiger charge is 2.09. The van der Waals surface area contributed by atoms with Gasteiger partial charge >= 0.3 is 0 Å². The van der Waals surface area contributed by atoms with Crippen LogP contribution >= 0.6 is 45.8 Å². The van der Waals surface area contributed by atoms with Crippen LogP contribution in [0.4, 0.5) is 0 Å². The van der Waals surface area contributed by atoms with E-state index < -0.39 is 0 Å². The second kappa shape index (κ2) is 4.27. The zero-order valence-corrected chi connectivity index (χ0v) is 11.3. The van der Waals surface area contributed by atoms with Gasteiger partial charge in [-0.15, -0.1) is 0 Å². The Morgan fingerprint density at radius 1 is 1.27 bits per heavy atom. The maximum atomic E-state index is 5.95. The lowest BCUT2D eigenvalue weighted by Crippen LogP contribution is -1.91. The lowest BCUT2D eigenvalue weighted by molar-refractivity contribution is 0.412. The molecule has 0 unspecified atom stereocenters. The van der Waals surface area contributed by atoms with Gasteiger partial charge in [0.1, 0.15) is 10.9 Å². The number of hydrogen-bond acceptors (Lipinski definition) is 3. The van der Waals surface area contributed by atoms with Crippen LogP contribution in [-0.4, -0.2) is 17.1 Å². The maximum absolute atomic E-state index is 5.95. The van der Waals surface area contributed by atoms with Gasteiger partial charge in [0.05, 0.1) is 16.2 Å². The molecule has 0 spiro atoms. The van der Waals surface area contributed by atoms with Crippen molar-refractivity contribution in [3.63, 3.8) is 0 Å². The lowest BCUT2D eigenvalue weighted by Gasteiger charge is -2.06. The number of halogens is 3. The van der Waals surface area contributed by atoms with Crippen molar-refractivity contribution in [3.8, 4) is 5.75 Å². The van der Waals surface area contributed by atoms with Crippen molar-refractivity contribution < 1.29 is 4.74 Å². The van der Waals surface area contributed by atoms with Crippen LogP contribution in [0.3, 0.4) is 0 Å². The standard InChI is InChI=1S/C9H5Cl2IN2O/c1-15-7-2-4-6(3-5(7)12)13-9(11)14-8(4)10/h2-3H,1H3. The molecule has 0 saturated heterocycles. The molecular formula is C9H5Cl2IN2O. The molecule has 0 radical (unpaired) electrons. The fraction of sp³-hybridized carbons (Fsp3) is 0.111.